The molecule has 0 N–H and O–H groups in total. The average Bonchev–Trinajstić information content (AvgIpc) is 2.85. The van der Waals surface area contributed by atoms with E-state index in [2.05, 4.69) is 0 Å². The van der Waals surface area contributed by atoms with Crippen LogP contribution >= 0.6 is 0 Å². The fourth-order valence-electron chi connectivity index (χ4n) is 2.48. The van der Waals surface area contributed by atoms with Gasteiger partial charge in [0.25, 0.3) is 0 Å². The highest BCUT2D eigenvalue weighted by Crippen LogP contribution is 2.34. The summed E-state index contributed by atoms with van der Waals surface area (Å²) in [6, 6.07) is 7.72. The lowest BCUT2D eigenvalue weighted by atomic mass is 10.1. The van der Waals surface area contributed by atoms with E-state index in [1.807, 2.05) is 51.1 Å². The summed E-state index contributed by atoms with van der Waals surface area (Å²) in [5.41, 5.74) is 1.15. The molecule has 0 aliphatic heterocycles. The van der Waals surface area contributed by atoms with E-state index in [1.54, 1.807) is 0 Å². The predicted molar refractivity (Wildman–Crippen MR) is 84.2 cm³/mol. The molecule has 2 atom stereocenters. The van der Waals surface area contributed by atoms with Crippen LogP contribution in [-0.4, -0.2) is 16.3 Å². The molecule has 2 rings (SSSR count). The van der Waals surface area contributed by atoms with Gasteiger partial charge in [0.2, 0.25) is 0 Å². The molecule has 1 aliphatic rings. The maximum Gasteiger partial charge on any atom is 0.306 e. The van der Waals surface area contributed by atoms with E-state index in [4.69, 9.17) is 4.74 Å². The van der Waals surface area contributed by atoms with Gasteiger partial charge in [-0.25, -0.2) is 4.21 Å². The molecule has 1 unspecified atom stereocenters. The Labute approximate surface area is 128 Å². The molecular formula is C17H22O3S. The van der Waals surface area contributed by atoms with Gasteiger partial charge >= 0.3 is 5.97 Å². The van der Waals surface area contributed by atoms with Crippen molar-refractivity contribution in [2.24, 2.45) is 5.92 Å². The van der Waals surface area contributed by atoms with Gasteiger partial charge in [0.05, 0.1) is 23.3 Å². The Morgan fingerprint density at radius 2 is 2.00 bits per heavy atom. The molecule has 4 heteroatoms. The number of ether oxygens (including phenoxy) is 1. The number of aryl methyl sites for hydroxylation is 1. The van der Waals surface area contributed by atoms with Crippen molar-refractivity contribution in [2.45, 2.75) is 51.0 Å². The quantitative estimate of drug-likeness (QED) is 0.778. The summed E-state index contributed by atoms with van der Waals surface area (Å²) in [7, 11) is -1.17. The second kappa shape index (κ2) is 7.03. The number of hydrogen-bond donors (Lipinski definition) is 0. The Hall–Kier alpha value is -1.42. The number of benzene rings is 1. The second-order valence-electron chi connectivity index (χ2n) is 5.71. The molecule has 114 valence electrons. The lowest BCUT2D eigenvalue weighted by Gasteiger charge is -2.15. The average molecular weight is 306 g/mol. The van der Waals surface area contributed by atoms with Gasteiger partial charge < -0.3 is 4.74 Å². The molecule has 21 heavy (non-hydrogen) atoms. The van der Waals surface area contributed by atoms with E-state index < -0.39 is 10.8 Å². The molecule has 0 aromatic heterocycles. The van der Waals surface area contributed by atoms with Crippen LogP contribution < -0.4 is 0 Å². The number of carbonyl (C=O) groups excluding carboxylic acids is 1. The Morgan fingerprint density at radius 3 is 2.62 bits per heavy atom. The van der Waals surface area contributed by atoms with E-state index in [1.165, 1.54) is 0 Å². The normalized spacial score (nSPS) is 19.4. The van der Waals surface area contributed by atoms with E-state index in [0.717, 1.165) is 28.2 Å². The number of hydrogen-bond acceptors (Lipinski definition) is 3. The minimum absolute atomic E-state index is 0.0402. The van der Waals surface area contributed by atoms with Gasteiger partial charge in [-0.3, -0.25) is 4.79 Å². The zero-order chi connectivity index (χ0) is 15.4. The lowest BCUT2D eigenvalue weighted by molar-refractivity contribution is -0.148. The van der Waals surface area contributed by atoms with E-state index in [-0.39, 0.29) is 18.0 Å². The highest BCUT2D eigenvalue weighted by Gasteiger charge is 2.27. The van der Waals surface area contributed by atoms with Crippen LogP contribution in [0.25, 0.3) is 0 Å². The zero-order valence-corrected chi connectivity index (χ0v) is 13.6. The van der Waals surface area contributed by atoms with Gasteiger partial charge in [0, 0.05) is 15.7 Å². The molecular weight excluding hydrogens is 284 g/mol. The van der Waals surface area contributed by atoms with Crippen LogP contribution in [0.3, 0.4) is 0 Å². The Morgan fingerprint density at radius 1 is 1.33 bits per heavy atom. The van der Waals surface area contributed by atoms with Crippen LogP contribution in [-0.2, 0) is 20.3 Å². The van der Waals surface area contributed by atoms with Gasteiger partial charge in [0.1, 0.15) is 0 Å². The molecule has 0 bridgehead atoms. The minimum atomic E-state index is -1.17. The maximum absolute atomic E-state index is 12.7. The lowest BCUT2D eigenvalue weighted by Crippen LogP contribution is -2.16. The number of carbonyl (C=O) groups is 1. The molecule has 0 fully saturated rings. The summed E-state index contributed by atoms with van der Waals surface area (Å²) in [6.45, 7) is 5.69. The topological polar surface area (TPSA) is 43.4 Å². The number of rotatable bonds is 5. The monoisotopic (exact) mass is 306 g/mol. The maximum atomic E-state index is 12.7. The largest absolute Gasteiger partial charge is 0.463 e. The Balaban J connectivity index is 2.06. The van der Waals surface area contributed by atoms with Crippen LogP contribution in [0, 0.1) is 12.8 Å². The summed E-state index contributed by atoms with van der Waals surface area (Å²) in [4.78, 5) is 13.5. The van der Waals surface area contributed by atoms with Gasteiger partial charge in [-0.05, 0) is 45.7 Å². The van der Waals surface area contributed by atoms with Crippen molar-refractivity contribution in [3.8, 4) is 0 Å². The van der Waals surface area contributed by atoms with Crippen molar-refractivity contribution in [1.82, 2.24) is 0 Å². The molecule has 3 nitrogen and oxygen atoms in total. The zero-order valence-electron chi connectivity index (χ0n) is 12.8. The Kier molecular flexibility index (Phi) is 5.34. The van der Waals surface area contributed by atoms with E-state index in [0.29, 0.717) is 6.42 Å². The molecule has 0 radical (unpaired) electrons. The van der Waals surface area contributed by atoms with Gasteiger partial charge in [-0.1, -0.05) is 23.8 Å². The third kappa shape index (κ3) is 4.27. The fraction of sp³-hybridized carbons (Fsp3) is 0.471. The van der Waals surface area contributed by atoms with Crippen molar-refractivity contribution in [1.29, 1.82) is 0 Å². The number of esters is 1. The summed E-state index contributed by atoms with van der Waals surface area (Å²) in [5, 5.41) is 0. The predicted octanol–water partition coefficient (Wildman–Crippen LogP) is 3.74. The van der Waals surface area contributed by atoms with Crippen molar-refractivity contribution < 1.29 is 13.7 Å². The summed E-state index contributed by atoms with van der Waals surface area (Å²) < 4.78 is 17.9. The van der Waals surface area contributed by atoms with Crippen molar-refractivity contribution >= 4 is 16.8 Å². The highest BCUT2D eigenvalue weighted by atomic mass is 32.2. The highest BCUT2D eigenvalue weighted by molar-refractivity contribution is 7.89. The third-order valence-corrected chi connectivity index (χ3v) is 5.12. The molecule has 0 heterocycles. The first-order chi connectivity index (χ1) is 9.97. The molecule has 0 amide bonds. The van der Waals surface area contributed by atoms with Crippen LogP contribution in [0.5, 0.6) is 0 Å². The summed E-state index contributed by atoms with van der Waals surface area (Å²) in [5.74, 6) is -0.165. The Bertz CT molecular complexity index is 558. The van der Waals surface area contributed by atoms with Gasteiger partial charge in [-0.15, -0.1) is 0 Å². The summed E-state index contributed by atoms with van der Waals surface area (Å²) >= 11 is 0. The molecule has 1 aliphatic carbocycles. The molecule has 1 aromatic rings. The summed E-state index contributed by atoms with van der Waals surface area (Å²) in [6.07, 6.45) is 3.99. The van der Waals surface area contributed by atoms with Crippen LogP contribution in [0.15, 0.2) is 40.1 Å². The first-order valence-corrected chi connectivity index (χ1v) is 8.50. The molecule has 1 aromatic carbocycles. The third-order valence-electron chi connectivity index (χ3n) is 3.49. The van der Waals surface area contributed by atoms with Crippen LogP contribution in [0.4, 0.5) is 0 Å². The smallest absolute Gasteiger partial charge is 0.306 e. The first kappa shape index (κ1) is 16.0. The number of allylic oxidation sites excluding steroid dienone is 2. The molecule has 0 saturated carbocycles. The van der Waals surface area contributed by atoms with E-state index in [9.17, 15) is 9.00 Å². The fourth-order valence-corrected chi connectivity index (χ4v) is 3.90. The van der Waals surface area contributed by atoms with Gasteiger partial charge in [-0.2, -0.15) is 0 Å². The van der Waals surface area contributed by atoms with Crippen LogP contribution in [0.1, 0.15) is 38.7 Å². The van der Waals surface area contributed by atoms with Crippen molar-refractivity contribution in [2.75, 3.05) is 0 Å². The second-order valence-corrected chi connectivity index (χ2v) is 7.19. The van der Waals surface area contributed by atoms with Crippen molar-refractivity contribution in [3.63, 3.8) is 0 Å². The standard InChI is InChI=1S/C17H22O3S/c1-12(2)20-17(18)11-14-5-4-6-16(14)21(19)15-9-7-13(3)8-10-15/h6-10,12,14H,4-5,11H2,1-3H3/t14-,21?/m1/s1. The van der Waals surface area contributed by atoms with E-state index >= 15 is 0 Å². The van der Waals surface area contributed by atoms with Gasteiger partial charge in [0.15, 0.2) is 0 Å². The molecule has 0 spiro atoms. The first-order valence-electron chi connectivity index (χ1n) is 7.35. The van der Waals surface area contributed by atoms with Crippen molar-refractivity contribution in [3.05, 3.63) is 40.8 Å². The van der Waals surface area contributed by atoms with Crippen LogP contribution in [0.2, 0.25) is 0 Å². The minimum Gasteiger partial charge on any atom is -0.463 e. The molecule has 0 saturated heterocycles. The SMILES string of the molecule is Cc1ccc(S(=O)C2=CCC[C@@H]2CC(=O)OC(C)C)cc1.